The van der Waals surface area contributed by atoms with Gasteiger partial charge in [-0.2, -0.15) is 0 Å². The summed E-state index contributed by atoms with van der Waals surface area (Å²) in [7, 11) is 0. The predicted octanol–water partition coefficient (Wildman–Crippen LogP) is 2.77. The van der Waals surface area contributed by atoms with Crippen molar-refractivity contribution in [1.82, 2.24) is 0 Å². The highest BCUT2D eigenvalue weighted by molar-refractivity contribution is 6.35. The number of nitro benzene ring substituents is 1. The summed E-state index contributed by atoms with van der Waals surface area (Å²) in [5, 5.41) is 20.5. The Morgan fingerprint density at radius 2 is 1.90 bits per heavy atom. The van der Waals surface area contributed by atoms with Crippen molar-refractivity contribution in [1.29, 1.82) is 0 Å². The van der Waals surface area contributed by atoms with Crippen molar-refractivity contribution >= 4 is 28.8 Å². The topological polar surface area (TPSA) is 106 Å². The SMILES string of the molecule is Nc1c(O)cc([N+](=O)[O-])cc1C(=O)c1ccccc1Cl. The molecule has 7 heteroatoms. The highest BCUT2D eigenvalue weighted by Gasteiger charge is 2.21. The van der Waals surface area contributed by atoms with Crippen LogP contribution in [0.4, 0.5) is 11.4 Å². The molecule has 0 heterocycles. The van der Waals surface area contributed by atoms with Crippen LogP contribution in [0.5, 0.6) is 5.75 Å². The number of carbonyl (C=O) groups is 1. The number of ketones is 1. The van der Waals surface area contributed by atoms with Gasteiger partial charge in [0.05, 0.1) is 27.3 Å². The fourth-order valence-electron chi connectivity index (χ4n) is 1.71. The van der Waals surface area contributed by atoms with E-state index in [1.54, 1.807) is 12.1 Å². The number of nitrogens with two attached hydrogens (primary N) is 1. The number of phenolic OH excluding ortho intramolecular Hbond substituents is 1. The van der Waals surface area contributed by atoms with E-state index in [-0.39, 0.29) is 21.8 Å². The number of nitro groups is 1. The largest absolute Gasteiger partial charge is 0.506 e. The van der Waals surface area contributed by atoms with Crippen molar-refractivity contribution in [3.05, 3.63) is 62.7 Å². The molecular weight excluding hydrogens is 284 g/mol. The molecule has 20 heavy (non-hydrogen) atoms. The van der Waals surface area contributed by atoms with E-state index in [2.05, 4.69) is 0 Å². The first-order valence-electron chi connectivity index (χ1n) is 5.48. The van der Waals surface area contributed by atoms with E-state index in [1.165, 1.54) is 12.1 Å². The van der Waals surface area contributed by atoms with Crippen LogP contribution in [0.1, 0.15) is 15.9 Å². The van der Waals surface area contributed by atoms with Crippen molar-refractivity contribution in [3.63, 3.8) is 0 Å². The Morgan fingerprint density at radius 1 is 1.25 bits per heavy atom. The summed E-state index contributed by atoms with van der Waals surface area (Å²) in [6.07, 6.45) is 0. The van der Waals surface area contributed by atoms with Gasteiger partial charge >= 0.3 is 0 Å². The maximum Gasteiger partial charge on any atom is 0.274 e. The van der Waals surface area contributed by atoms with Crippen molar-refractivity contribution in [2.45, 2.75) is 0 Å². The lowest BCUT2D eigenvalue weighted by Crippen LogP contribution is -2.07. The Balaban J connectivity index is 2.61. The van der Waals surface area contributed by atoms with Crippen LogP contribution in [-0.2, 0) is 0 Å². The minimum absolute atomic E-state index is 0.153. The zero-order chi connectivity index (χ0) is 14.9. The normalized spacial score (nSPS) is 10.2. The molecular formula is C13H9ClN2O4. The van der Waals surface area contributed by atoms with E-state index in [9.17, 15) is 20.0 Å². The molecule has 0 fully saturated rings. The van der Waals surface area contributed by atoms with Gasteiger partial charge in [0.1, 0.15) is 5.75 Å². The molecule has 6 nitrogen and oxygen atoms in total. The second kappa shape index (κ2) is 5.18. The van der Waals surface area contributed by atoms with E-state index in [0.717, 1.165) is 12.1 Å². The van der Waals surface area contributed by atoms with Gasteiger partial charge in [0.2, 0.25) is 0 Å². The Morgan fingerprint density at radius 3 is 2.50 bits per heavy atom. The van der Waals surface area contributed by atoms with Gasteiger partial charge in [0.15, 0.2) is 5.78 Å². The number of hydrogen-bond donors (Lipinski definition) is 2. The lowest BCUT2D eigenvalue weighted by molar-refractivity contribution is -0.384. The number of carbonyl (C=O) groups excluding carboxylic acids is 1. The summed E-state index contributed by atoms with van der Waals surface area (Å²) in [4.78, 5) is 22.4. The number of anilines is 1. The standard InChI is InChI=1S/C13H9ClN2O4/c14-10-4-2-1-3-8(10)13(18)9-5-7(16(19)20)6-11(17)12(9)15/h1-6,17H,15H2. The van der Waals surface area contributed by atoms with Gasteiger partial charge in [-0.3, -0.25) is 14.9 Å². The molecule has 0 aromatic heterocycles. The second-order valence-corrected chi connectivity index (χ2v) is 4.40. The van der Waals surface area contributed by atoms with Gasteiger partial charge in [-0.15, -0.1) is 0 Å². The summed E-state index contributed by atoms with van der Waals surface area (Å²) in [5.74, 6) is -1.11. The molecule has 2 aromatic carbocycles. The molecule has 0 aliphatic carbocycles. The molecule has 0 atom stereocenters. The van der Waals surface area contributed by atoms with Gasteiger partial charge in [0, 0.05) is 11.6 Å². The molecule has 0 radical (unpaired) electrons. The van der Waals surface area contributed by atoms with E-state index >= 15 is 0 Å². The maximum absolute atomic E-state index is 12.3. The lowest BCUT2D eigenvalue weighted by Gasteiger charge is -2.08. The number of non-ortho nitro benzene ring substituents is 1. The molecule has 0 aliphatic rings. The minimum Gasteiger partial charge on any atom is -0.506 e. The number of halogens is 1. The van der Waals surface area contributed by atoms with Crippen LogP contribution in [0, 0.1) is 10.1 Å². The molecule has 0 unspecified atom stereocenters. The Hall–Kier alpha value is -2.60. The number of benzene rings is 2. The van der Waals surface area contributed by atoms with E-state index < -0.39 is 22.1 Å². The molecule has 0 amide bonds. The number of hydrogen-bond acceptors (Lipinski definition) is 5. The Bertz CT molecular complexity index is 716. The monoisotopic (exact) mass is 292 g/mol. The maximum atomic E-state index is 12.3. The third kappa shape index (κ3) is 2.41. The molecule has 102 valence electrons. The number of phenols is 1. The van der Waals surface area contributed by atoms with Crippen LogP contribution in [-0.4, -0.2) is 15.8 Å². The average molecular weight is 293 g/mol. The third-order valence-electron chi connectivity index (χ3n) is 2.72. The summed E-state index contributed by atoms with van der Waals surface area (Å²) in [6, 6.07) is 8.14. The molecule has 3 N–H and O–H groups in total. The van der Waals surface area contributed by atoms with Crippen molar-refractivity contribution in [2.75, 3.05) is 5.73 Å². The molecule has 0 bridgehead atoms. The third-order valence-corrected chi connectivity index (χ3v) is 3.05. The number of aromatic hydroxyl groups is 1. The highest BCUT2D eigenvalue weighted by atomic mass is 35.5. The van der Waals surface area contributed by atoms with Crippen LogP contribution >= 0.6 is 11.6 Å². The van der Waals surface area contributed by atoms with Gasteiger partial charge < -0.3 is 10.8 Å². The molecule has 0 saturated carbocycles. The molecule has 0 spiro atoms. The first-order chi connectivity index (χ1) is 9.41. The zero-order valence-corrected chi connectivity index (χ0v) is 10.8. The number of rotatable bonds is 3. The lowest BCUT2D eigenvalue weighted by atomic mass is 10.0. The van der Waals surface area contributed by atoms with Crippen LogP contribution in [0.15, 0.2) is 36.4 Å². The quantitative estimate of drug-likeness (QED) is 0.297. The van der Waals surface area contributed by atoms with E-state index in [0.29, 0.717) is 0 Å². The van der Waals surface area contributed by atoms with Crippen LogP contribution in [0.3, 0.4) is 0 Å². The first-order valence-corrected chi connectivity index (χ1v) is 5.85. The van der Waals surface area contributed by atoms with Crippen molar-refractivity contribution < 1.29 is 14.8 Å². The Kier molecular flexibility index (Phi) is 3.58. The van der Waals surface area contributed by atoms with Crippen LogP contribution < -0.4 is 5.73 Å². The fraction of sp³-hybridized carbons (Fsp3) is 0. The zero-order valence-electron chi connectivity index (χ0n) is 10.0. The van der Waals surface area contributed by atoms with Gasteiger partial charge in [-0.05, 0) is 12.1 Å². The van der Waals surface area contributed by atoms with E-state index in [4.69, 9.17) is 17.3 Å². The smallest absolute Gasteiger partial charge is 0.274 e. The predicted molar refractivity (Wildman–Crippen MR) is 74.1 cm³/mol. The molecule has 0 saturated heterocycles. The second-order valence-electron chi connectivity index (χ2n) is 3.99. The number of nitrogen functional groups attached to an aromatic ring is 1. The van der Waals surface area contributed by atoms with Crippen LogP contribution in [0.2, 0.25) is 5.02 Å². The fourth-order valence-corrected chi connectivity index (χ4v) is 1.93. The van der Waals surface area contributed by atoms with Gasteiger partial charge in [-0.1, -0.05) is 23.7 Å². The number of nitrogens with zero attached hydrogens (tertiary/aromatic N) is 1. The minimum atomic E-state index is -0.720. The summed E-state index contributed by atoms with van der Waals surface area (Å²) >= 11 is 5.91. The summed E-state index contributed by atoms with van der Waals surface area (Å²) in [5.41, 5.74) is 4.95. The van der Waals surface area contributed by atoms with Gasteiger partial charge in [0.25, 0.3) is 5.69 Å². The molecule has 2 rings (SSSR count). The summed E-state index contributed by atoms with van der Waals surface area (Å²) < 4.78 is 0. The summed E-state index contributed by atoms with van der Waals surface area (Å²) in [6.45, 7) is 0. The highest BCUT2D eigenvalue weighted by Crippen LogP contribution is 2.32. The van der Waals surface area contributed by atoms with Gasteiger partial charge in [-0.25, -0.2) is 0 Å². The van der Waals surface area contributed by atoms with Crippen LogP contribution in [0.25, 0.3) is 0 Å². The molecule has 0 aliphatic heterocycles. The van der Waals surface area contributed by atoms with Crippen molar-refractivity contribution in [3.8, 4) is 5.75 Å². The van der Waals surface area contributed by atoms with Crippen molar-refractivity contribution in [2.24, 2.45) is 0 Å². The van der Waals surface area contributed by atoms with E-state index in [1.807, 2.05) is 0 Å². The first kappa shape index (κ1) is 13.8. The molecule has 2 aromatic rings. The average Bonchev–Trinajstić information content (AvgIpc) is 2.41. The Labute approximate surface area is 118 Å².